The highest BCUT2D eigenvalue weighted by Gasteiger charge is 2.22. The number of aryl methyl sites for hydroxylation is 1. The number of amides is 1. The Labute approximate surface area is 187 Å². The van der Waals surface area contributed by atoms with E-state index in [9.17, 15) is 23.3 Å². The first-order valence-corrected chi connectivity index (χ1v) is 12.0. The van der Waals surface area contributed by atoms with Crippen LogP contribution in [0.5, 0.6) is 5.75 Å². The number of ether oxygens (including phenoxy) is 1. The van der Waals surface area contributed by atoms with E-state index in [4.69, 9.17) is 4.74 Å². The number of sulfonamides is 1. The van der Waals surface area contributed by atoms with E-state index in [0.29, 0.717) is 11.3 Å². The zero-order valence-electron chi connectivity index (χ0n) is 18.0. The molecule has 172 valence electrons. The predicted octanol–water partition coefficient (Wildman–Crippen LogP) is 3.92. The van der Waals surface area contributed by atoms with Crippen molar-refractivity contribution in [2.45, 2.75) is 63.0 Å². The number of rotatable bonds is 8. The first kappa shape index (κ1) is 23.5. The fourth-order valence-electron chi connectivity index (χ4n) is 3.56. The summed E-state index contributed by atoms with van der Waals surface area (Å²) in [7, 11) is -3.97. The molecule has 1 atom stereocenters. The van der Waals surface area contributed by atoms with Crippen molar-refractivity contribution < 1.29 is 22.9 Å². The van der Waals surface area contributed by atoms with Crippen LogP contribution in [-0.4, -0.2) is 31.4 Å². The van der Waals surface area contributed by atoms with Crippen molar-refractivity contribution in [1.29, 1.82) is 0 Å². The molecule has 1 saturated carbocycles. The number of benzene rings is 2. The molecule has 2 aromatic carbocycles. The van der Waals surface area contributed by atoms with Gasteiger partial charge in [0.15, 0.2) is 6.10 Å². The second kappa shape index (κ2) is 9.99. The topological polar surface area (TPSA) is 128 Å². The summed E-state index contributed by atoms with van der Waals surface area (Å²) < 4.78 is 33.5. The fourth-order valence-corrected chi connectivity index (χ4v) is 4.68. The first-order chi connectivity index (χ1) is 15.2. The summed E-state index contributed by atoms with van der Waals surface area (Å²) in [5, 5.41) is 14.0. The summed E-state index contributed by atoms with van der Waals surface area (Å²) in [6.45, 7) is 3.30. The number of hydrogen-bond acceptors (Lipinski definition) is 6. The van der Waals surface area contributed by atoms with Crippen molar-refractivity contribution in [3.05, 3.63) is 58.1 Å². The Morgan fingerprint density at radius 3 is 2.41 bits per heavy atom. The highest BCUT2D eigenvalue weighted by Crippen LogP contribution is 2.26. The molecule has 32 heavy (non-hydrogen) atoms. The van der Waals surface area contributed by atoms with Crippen LogP contribution in [-0.2, 0) is 14.8 Å². The maximum Gasteiger partial charge on any atom is 0.271 e. The monoisotopic (exact) mass is 461 g/mol. The van der Waals surface area contributed by atoms with Gasteiger partial charge in [-0.05, 0) is 56.5 Å². The number of nitro benzene ring substituents is 1. The minimum Gasteiger partial charge on any atom is -0.481 e. The molecule has 0 bridgehead atoms. The van der Waals surface area contributed by atoms with E-state index >= 15 is 0 Å². The number of nitrogens with one attached hydrogen (secondary N) is 2. The molecule has 0 spiro atoms. The molecular weight excluding hydrogens is 434 g/mol. The van der Waals surface area contributed by atoms with E-state index in [-0.39, 0.29) is 28.2 Å². The summed E-state index contributed by atoms with van der Waals surface area (Å²) in [6.07, 6.45) is 4.65. The molecule has 0 heterocycles. The summed E-state index contributed by atoms with van der Waals surface area (Å²) >= 11 is 0. The van der Waals surface area contributed by atoms with E-state index in [0.717, 1.165) is 25.7 Å². The van der Waals surface area contributed by atoms with E-state index < -0.39 is 21.1 Å². The Kier molecular flexibility index (Phi) is 7.34. The maximum atomic E-state index is 12.7. The summed E-state index contributed by atoms with van der Waals surface area (Å²) in [5.41, 5.74) is 0.474. The largest absolute Gasteiger partial charge is 0.481 e. The normalized spacial score (nSPS) is 15.6. The highest BCUT2D eigenvalue weighted by molar-refractivity contribution is 7.92. The van der Waals surface area contributed by atoms with Crippen LogP contribution in [0.25, 0.3) is 0 Å². The van der Waals surface area contributed by atoms with Crippen molar-refractivity contribution >= 4 is 27.3 Å². The van der Waals surface area contributed by atoms with Crippen LogP contribution in [0.4, 0.5) is 11.4 Å². The number of carbonyl (C=O) groups excluding carboxylic acids is 1. The van der Waals surface area contributed by atoms with Gasteiger partial charge >= 0.3 is 0 Å². The smallest absolute Gasteiger partial charge is 0.271 e. The van der Waals surface area contributed by atoms with Crippen LogP contribution in [0.1, 0.15) is 44.6 Å². The molecule has 0 aliphatic heterocycles. The first-order valence-electron chi connectivity index (χ1n) is 10.5. The van der Waals surface area contributed by atoms with Gasteiger partial charge in [-0.1, -0.05) is 25.3 Å². The lowest BCUT2D eigenvalue weighted by Gasteiger charge is -2.24. The molecule has 1 aliphatic carbocycles. The SMILES string of the molecule is Cc1ccc([N+](=O)[O-])cc1NS(=O)(=O)c1ccc(O[C@H](C)C(=O)NC2CCCCC2)cc1. The van der Waals surface area contributed by atoms with Crippen LogP contribution in [0.15, 0.2) is 47.4 Å². The summed E-state index contributed by atoms with van der Waals surface area (Å²) in [4.78, 5) is 22.7. The fraction of sp³-hybridized carbons (Fsp3) is 0.409. The number of nitro groups is 1. The lowest BCUT2D eigenvalue weighted by Crippen LogP contribution is -2.43. The van der Waals surface area contributed by atoms with Gasteiger partial charge in [0.2, 0.25) is 0 Å². The maximum absolute atomic E-state index is 12.7. The number of anilines is 1. The van der Waals surface area contributed by atoms with Crippen LogP contribution < -0.4 is 14.8 Å². The standard InChI is InChI=1S/C22H27N3O6S/c1-15-8-9-18(25(27)28)14-21(15)24-32(29,30)20-12-10-19(11-13-20)31-16(2)22(26)23-17-6-4-3-5-7-17/h8-14,16-17,24H,3-7H2,1-2H3,(H,23,26)/t16-/m1/s1. The van der Waals surface area contributed by atoms with Gasteiger partial charge in [-0.2, -0.15) is 0 Å². The lowest BCUT2D eigenvalue weighted by atomic mass is 9.95. The molecule has 0 radical (unpaired) electrons. The highest BCUT2D eigenvalue weighted by atomic mass is 32.2. The molecule has 1 aliphatic rings. The number of hydrogen-bond donors (Lipinski definition) is 2. The molecular formula is C22H27N3O6S. The molecule has 1 amide bonds. The molecule has 2 N–H and O–H groups in total. The average molecular weight is 462 g/mol. The second-order valence-electron chi connectivity index (χ2n) is 7.94. The molecule has 0 unspecified atom stereocenters. The number of non-ortho nitro benzene ring substituents is 1. The number of carbonyl (C=O) groups is 1. The summed E-state index contributed by atoms with van der Waals surface area (Å²) in [6, 6.07) is 9.80. The molecule has 2 aromatic rings. The Morgan fingerprint density at radius 1 is 1.12 bits per heavy atom. The lowest BCUT2D eigenvalue weighted by molar-refractivity contribution is -0.384. The third-order valence-electron chi connectivity index (χ3n) is 5.44. The van der Waals surface area contributed by atoms with Gasteiger partial charge in [0.05, 0.1) is 15.5 Å². The zero-order chi connectivity index (χ0) is 23.3. The van der Waals surface area contributed by atoms with E-state index in [2.05, 4.69) is 10.0 Å². The quantitative estimate of drug-likeness (QED) is 0.453. The van der Waals surface area contributed by atoms with Gasteiger partial charge in [-0.15, -0.1) is 0 Å². The molecule has 3 rings (SSSR count). The molecule has 10 heteroatoms. The Bertz CT molecular complexity index is 1080. The zero-order valence-corrected chi connectivity index (χ0v) is 18.9. The number of nitrogens with zero attached hydrogens (tertiary/aromatic N) is 1. The second-order valence-corrected chi connectivity index (χ2v) is 9.62. The van der Waals surface area contributed by atoms with Gasteiger partial charge in [0.25, 0.3) is 21.6 Å². The van der Waals surface area contributed by atoms with Gasteiger partial charge in [-0.25, -0.2) is 8.42 Å². The van der Waals surface area contributed by atoms with E-state index in [1.54, 1.807) is 13.8 Å². The Morgan fingerprint density at radius 2 is 1.78 bits per heavy atom. The van der Waals surface area contributed by atoms with Crippen LogP contribution in [0.3, 0.4) is 0 Å². The Hall–Kier alpha value is -3.14. The summed E-state index contributed by atoms with van der Waals surface area (Å²) in [5.74, 6) is 0.165. The minimum absolute atomic E-state index is 0.0323. The third kappa shape index (κ3) is 5.97. The van der Waals surface area contributed by atoms with Crippen LogP contribution in [0.2, 0.25) is 0 Å². The minimum atomic E-state index is -3.97. The Balaban J connectivity index is 1.64. The van der Waals surface area contributed by atoms with Crippen molar-refractivity contribution in [3.8, 4) is 5.75 Å². The third-order valence-corrected chi connectivity index (χ3v) is 6.83. The van der Waals surface area contributed by atoms with E-state index in [1.807, 2.05) is 0 Å². The van der Waals surface area contributed by atoms with E-state index in [1.165, 1.54) is 48.9 Å². The van der Waals surface area contributed by atoms with Gasteiger partial charge in [-0.3, -0.25) is 19.6 Å². The van der Waals surface area contributed by atoms with Gasteiger partial charge in [0, 0.05) is 18.2 Å². The molecule has 9 nitrogen and oxygen atoms in total. The van der Waals surface area contributed by atoms with Crippen molar-refractivity contribution in [1.82, 2.24) is 5.32 Å². The van der Waals surface area contributed by atoms with Crippen molar-refractivity contribution in [2.75, 3.05) is 4.72 Å². The van der Waals surface area contributed by atoms with Crippen molar-refractivity contribution in [3.63, 3.8) is 0 Å². The predicted molar refractivity (Wildman–Crippen MR) is 120 cm³/mol. The molecule has 0 saturated heterocycles. The van der Waals surface area contributed by atoms with Gasteiger partial charge < -0.3 is 10.1 Å². The van der Waals surface area contributed by atoms with Gasteiger partial charge in [0.1, 0.15) is 5.75 Å². The molecule has 1 fully saturated rings. The molecule has 0 aromatic heterocycles. The van der Waals surface area contributed by atoms with Crippen LogP contribution >= 0.6 is 0 Å². The van der Waals surface area contributed by atoms with Crippen LogP contribution in [0, 0.1) is 17.0 Å². The van der Waals surface area contributed by atoms with Crippen molar-refractivity contribution in [2.24, 2.45) is 0 Å². The average Bonchev–Trinajstić information content (AvgIpc) is 2.76.